The topological polar surface area (TPSA) is 49.4 Å². The Bertz CT molecular complexity index is 968. The van der Waals surface area contributed by atoms with Crippen LogP contribution >= 0.6 is 0 Å². The second-order valence-corrected chi connectivity index (χ2v) is 7.48. The van der Waals surface area contributed by atoms with Gasteiger partial charge in [0.15, 0.2) is 0 Å². The number of carbonyl (C=O) groups is 2. The zero-order chi connectivity index (χ0) is 23.7. The van der Waals surface area contributed by atoms with Crippen molar-refractivity contribution in [2.24, 2.45) is 5.92 Å². The lowest BCUT2D eigenvalue weighted by Crippen LogP contribution is -2.31. The van der Waals surface area contributed by atoms with Gasteiger partial charge in [0.25, 0.3) is 5.91 Å². The highest BCUT2D eigenvalue weighted by atomic mass is 19.4. The molecule has 2 amide bonds. The average molecular weight is 462 g/mol. The SMILES string of the molecule is O=C(NCC1CC(=O)N(Cc2ccc(F)cc2)C1)c1cc(C(F)(F)F)cc(C(F)(F)F)c1. The number of nitrogens with one attached hydrogen (secondary N) is 1. The molecule has 11 heteroatoms. The van der Waals surface area contributed by atoms with Crippen molar-refractivity contribution >= 4 is 11.8 Å². The first-order valence-corrected chi connectivity index (χ1v) is 9.43. The van der Waals surface area contributed by atoms with Crippen molar-refractivity contribution in [2.75, 3.05) is 13.1 Å². The Hall–Kier alpha value is -3.11. The Balaban J connectivity index is 1.65. The number of nitrogens with zero attached hydrogens (tertiary/aromatic N) is 1. The van der Waals surface area contributed by atoms with Crippen LogP contribution in [-0.2, 0) is 23.7 Å². The Morgan fingerprint density at radius 3 is 2.06 bits per heavy atom. The van der Waals surface area contributed by atoms with E-state index in [2.05, 4.69) is 5.32 Å². The van der Waals surface area contributed by atoms with E-state index in [1.807, 2.05) is 0 Å². The molecule has 1 heterocycles. The fraction of sp³-hybridized carbons (Fsp3) is 0.333. The van der Waals surface area contributed by atoms with Gasteiger partial charge in [-0.2, -0.15) is 26.3 Å². The molecule has 0 saturated carbocycles. The highest BCUT2D eigenvalue weighted by Crippen LogP contribution is 2.36. The van der Waals surface area contributed by atoms with Crippen LogP contribution in [0.5, 0.6) is 0 Å². The summed E-state index contributed by atoms with van der Waals surface area (Å²) in [4.78, 5) is 25.9. The zero-order valence-electron chi connectivity index (χ0n) is 16.4. The van der Waals surface area contributed by atoms with Crippen LogP contribution in [0.2, 0.25) is 0 Å². The van der Waals surface area contributed by atoms with E-state index in [9.17, 15) is 40.3 Å². The number of hydrogen-bond acceptors (Lipinski definition) is 2. The molecule has 0 aliphatic carbocycles. The lowest BCUT2D eigenvalue weighted by Gasteiger charge is -2.17. The third kappa shape index (κ3) is 5.77. The van der Waals surface area contributed by atoms with Crippen molar-refractivity contribution in [1.29, 1.82) is 0 Å². The molecule has 0 aromatic heterocycles. The predicted molar refractivity (Wildman–Crippen MR) is 98.7 cm³/mol. The molecule has 1 atom stereocenters. The Morgan fingerprint density at radius 2 is 1.53 bits per heavy atom. The second-order valence-electron chi connectivity index (χ2n) is 7.48. The number of benzene rings is 2. The first-order chi connectivity index (χ1) is 14.8. The summed E-state index contributed by atoms with van der Waals surface area (Å²) in [5.74, 6) is -2.14. The highest BCUT2D eigenvalue weighted by molar-refractivity contribution is 5.94. The molecule has 172 valence electrons. The van der Waals surface area contributed by atoms with Crippen LogP contribution in [0.4, 0.5) is 30.7 Å². The Morgan fingerprint density at radius 1 is 0.969 bits per heavy atom. The second kappa shape index (κ2) is 8.79. The first kappa shape index (κ1) is 23.6. The molecule has 4 nitrogen and oxygen atoms in total. The zero-order valence-corrected chi connectivity index (χ0v) is 16.4. The number of rotatable bonds is 5. The summed E-state index contributed by atoms with van der Waals surface area (Å²) in [5, 5.41) is 2.31. The third-order valence-corrected chi connectivity index (χ3v) is 4.98. The maximum Gasteiger partial charge on any atom is 0.416 e. The number of alkyl halides is 6. The minimum Gasteiger partial charge on any atom is -0.352 e. The smallest absolute Gasteiger partial charge is 0.352 e. The van der Waals surface area contributed by atoms with Crippen molar-refractivity contribution in [3.05, 3.63) is 70.5 Å². The van der Waals surface area contributed by atoms with Crippen LogP contribution in [0.15, 0.2) is 42.5 Å². The van der Waals surface area contributed by atoms with Gasteiger partial charge in [-0.1, -0.05) is 12.1 Å². The lowest BCUT2D eigenvalue weighted by molar-refractivity contribution is -0.143. The van der Waals surface area contributed by atoms with E-state index >= 15 is 0 Å². The predicted octanol–water partition coefficient (Wildman–Crippen LogP) is 4.64. The van der Waals surface area contributed by atoms with Crippen LogP contribution in [0.1, 0.15) is 33.5 Å². The van der Waals surface area contributed by atoms with Crippen LogP contribution < -0.4 is 5.32 Å². The molecule has 3 rings (SSSR count). The summed E-state index contributed by atoms with van der Waals surface area (Å²) in [5.41, 5.74) is -3.26. The first-order valence-electron chi connectivity index (χ1n) is 9.43. The molecule has 0 bridgehead atoms. The normalized spacial score (nSPS) is 17.0. The van der Waals surface area contributed by atoms with Crippen molar-refractivity contribution in [1.82, 2.24) is 10.2 Å². The van der Waals surface area contributed by atoms with E-state index in [0.29, 0.717) is 17.7 Å². The van der Waals surface area contributed by atoms with E-state index < -0.39 is 40.8 Å². The number of halogens is 7. The standard InChI is InChI=1S/C21H17F7N2O2/c22-17-3-1-12(2-4-17)10-30-11-13(5-18(30)31)9-29-19(32)14-6-15(20(23,24)25)8-16(7-14)21(26,27)28/h1-4,6-8,13H,5,9-11H2,(H,29,32). The molecule has 0 radical (unpaired) electrons. The van der Waals surface area contributed by atoms with Gasteiger partial charge in [0.05, 0.1) is 11.1 Å². The maximum atomic E-state index is 13.0. The summed E-state index contributed by atoms with van der Waals surface area (Å²) in [7, 11) is 0. The van der Waals surface area contributed by atoms with Crippen molar-refractivity contribution in [3.8, 4) is 0 Å². The monoisotopic (exact) mass is 462 g/mol. The summed E-state index contributed by atoms with van der Waals surface area (Å²) in [6.45, 7) is 0.334. The molecule has 2 aromatic carbocycles. The van der Waals surface area contributed by atoms with Gasteiger partial charge in [-0.3, -0.25) is 9.59 Å². The molecular weight excluding hydrogens is 445 g/mol. The van der Waals surface area contributed by atoms with Crippen molar-refractivity contribution in [3.63, 3.8) is 0 Å². The summed E-state index contributed by atoms with van der Waals surface area (Å²) in [6, 6.07) is 6.18. The van der Waals surface area contributed by atoms with Gasteiger partial charge in [0.2, 0.25) is 5.91 Å². The molecule has 0 spiro atoms. The Kier molecular flexibility index (Phi) is 6.47. The number of hydrogen-bond donors (Lipinski definition) is 1. The molecule has 1 unspecified atom stereocenters. The van der Waals surface area contributed by atoms with Crippen LogP contribution in [-0.4, -0.2) is 29.8 Å². The van der Waals surface area contributed by atoms with E-state index in [1.165, 1.54) is 29.2 Å². The minimum atomic E-state index is -5.06. The number of amides is 2. The van der Waals surface area contributed by atoms with Gasteiger partial charge < -0.3 is 10.2 Å². The van der Waals surface area contributed by atoms with Gasteiger partial charge in [-0.05, 0) is 35.9 Å². The molecule has 32 heavy (non-hydrogen) atoms. The number of likely N-dealkylation sites (tertiary alicyclic amines) is 1. The molecule has 1 aliphatic heterocycles. The quantitative estimate of drug-likeness (QED) is 0.659. The van der Waals surface area contributed by atoms with E-state index in [4.69, 9.17) is 0 Å². The fourth-order valence-corrected chi connectivity index (χ4v) is 3.38. The molecular formula is C21H17F7N2O2. The van der Waals surface area contributed by atoms with Gasteiger partial charge in [-0.15, -0.1) is 0 Å². The lowest BCUT2D eigenvalue weighted by atomic mass is 10.0. The number of carbonyl (C=O) groups excluding carboxylic acids is 2. The summed E-state index contributed by atoms with van der Waals surface area (Å²) >= 11 is 0. The molecule has 1 fully saturated rings. The van der Waals surface area contributed by atoms with E-state index in [-0.39, 0.29) is 43.9 Å². The third-order valence-electron chi connectivity index (χ3n) is 4.98. The average Bonchev–Trinajstić information content (AvgIpc) is 3.05. The van der Waals surface area contributed by atoms with Gasteiger partial charge in [0, 0.05) is 37.5 Å². The Labute approximate surface area is 178 Å². The van der Waals surface area contributed by atoms with Crippen LogP contribution in [0, 0.1) is 11.7 Å². The van der Waals surface area contributed by atoms with Crippen LogP contribution in [0.3, 0.4) is 0 Å². The van der Waals surface area contributed by atoms with E-state index in [1.54, 1.807) is 0 Å². The highest BCUT2D eigenvalue weighted by Gasteiger charge is 2.37. The minimum absolute atomic E-state index is 0.0534. The largest absolute Gasteiger partial charge is 0.416 e. The molecule has 1 N–H and O–H groups in total. The molecule has 1 saturated heterocycles. The molecule has 1 aliphatic rings. The van der Waals surface area contributed by atoms with Crippen molar-refractivity contribution < 1.29 is 40.3 Å². The van der Waals surface area contributed by atoms with Gasteiger partial charge in [-0.25, -0.2) is 4.39 Å². The fourth-order valence-electron chi connectivity index (χ4n) is 3.38. The maximum absolute atomic E-state index is 13.0. The summed E-state index contributed by atoms with van der Waals surface area (Å²) < 4.78 is 90.7. The van der Waals surface area contributed by atoms with Crippen LogP contribution in [0.25, 0.3) is 0 Å². The summed E-state index contributed by atoms with van der Waals surface area (Å²) in [6.07, 6.45) is -10.1. The van der Waals surface area contributed by atoms with Crippen molar-refractivity contribution in [2.45, 2.75) is 25.3 Å². The van der Waals surface area contributed by atoms with E-state index in [0.717, 1.165) is 0 Å². The molecule has 2 aromatic rings. The van der Waals surface area contributed by atoms with Gasteiger partial charge >= 0.3 is 12.4 Å². The van der Waals surface area contributed by atoms with Gasteiger partial charge in [0.1, 0.15) is 5.82 Å².